The summed E-state index contributed by atoms with van der Waals surface area (Å²) in [5, 5.41) is 0. The minimum atomic E-state index is -1.63. The van der Waals surface area contributed by atoms with Crippen LogP contribution in [-0.4, -0.2) is 43.3 Å². The van der Waals surface area contributed by atoms with Crippen molar-refractivity contribution < 1.29 is 13.3 Å². The Kier molecular flexibility index (Phi) is 8.09. The summed E-state index contributed by atoms with van der Waals surface area (Å²) in [7, 11) is -4.72. The summed E-state index contributed by atoms with van der Waals surface area (Å²) in [6.07, 6.45) is 12.1. The molecule has 0 aromatic heterocycles. The van der Waals surface area contributed by atoms with Crippen LogP contribution in [-0.2, 0) is 13.3 Å². The average Bonchev–Trinajstić information content (AvgIpc) is 2.96. The minimum absolute atomic E-state index is 0.297. The zero-order chi connectivity index (χ0) is 26.9. The lowest BCUT2D eigenvalue weighted by molar-refractivity contribution is -0.131. The fourth-order valence-corrected chi connectivity index (χ4v) is 13.5. The Morgan fingerprint density at radius 1 is 0.667 bits per heavy atom. The van der Waals surface area contributed by atoms with Crippen molar-refractivity contribution in [3.05, 3.63) is 0 Å². The second-order valence-corrected chi connectivity index (χ2v) is 30.2. The van der Waals surface area contributed by atoms with Gasteiger partial charge >= 0.3 is 0 Å². The molecule has 0 bridgehead atoms. The summed E-state index contributed by atoms with van der Waals surface area (Å²) < 4.78 is 20.5. The summed E-state index contributed by atoms with van der Waals surface area (Å²) in [6.45, 7) is 29.0. The molecular weight excluding hydrogens is 493 g/mol. The average molecular weight is 553 g/mol. The fraction of sp³-hybridized carbons (Fsp3) is 1.00. The normalized spacial score (nSPS) is 44.5. The maximum atomic E-state index is 7.04. The van der Waals surface area contributed by atoms with E-state index in [4.69, 9.17) is 13.3 Å². The van der Waals surface area contributed by atoms with E-state index in [1.54, 1.807) is 0 Å². The molecule has 0 spiro atoms. The van der Waals surface area contributed by atoms with E-state index < -0.39 is 25.0 Å². The van der Waals surface area contributed by atoms with Crippen LogP contribution in [0.15, 0.2) is 0 Å². The third-order valence-corrected chi connectivity index (χ3v) is 13.9. The quantitative estimate of drug-likeness (QED) is 0.295. The van der Waals surface area contributed by atoms with Crippen LogP contribution in [0.4, 0.5) is 0 Å². The van der Waals surface area contributed by atoms with Gasteiger partial charge in [0, 0.05) is 18.1 Å². The van der Waals surface area contributed by atoms with Gasteiger partial charge in [0.2, 0.25) is 0 Å². The van der Waals surface area contributed by atoms with Crippen LogP contribution < -0.4 is 0 Å². The van der Waals surface area contributed by atoms with Gasteiger partial charge < -0.3 is 13.3 Å². The van der Waals surface area contributed by atoms with E-state index in [1.165, 1.54) is 51.4 Å². The van der Waals surface area contributed by atoms with Gasteiger partial charge in [-0.1, -0.05) is 13.8 Å². The molecule has 6 unspecified atom stereocenters. The van der Waals surface area contributed by atoms with Gasteiger partial charge in [0.05, 0.1) is 6.10 Å². The van der Waals surface area contributed by atoms with Crippen molar-refractivity contribution in [2.45, 2.75) is 149 Å². The van der Waals surface area contributed by atoms with Crippen LogP contribution in [0.1, 0.15) is 72.1 Å². The largest absolute Gasteiger partial charge is 0.415 e. The molecule has 6 heteroatoms. The van der Waals surface area contributed by atoms with Gasteiger partial charge in [0.25, 0.3) is 0 Å². The molecule has 0 aromatic rings. The predicted molar refractivity (Wildman–Crippen MR) is 161 cm³/mol. The lowest BCUT2D eigenvalue weighted by atomic mass is 9.44. The maximum Gasteiger partial charge on any atom is 0.184 e. The fourth-order valence-electron chi connectivity index (χ4n) is 9.90. The molecule has 0 amide bonds. The predicted octanol–water partition coefficient (Wildman–Crippen LogP) is 8.94. The summed E-state index contributed by atoms with van der Waals surface area (Å²) in [6, 6.07) is 0. The highest BCUT2D eigenvalue weighted by Gasteiger charge is 2.64. The monoisotopic (exact) mass is 552 g/mol. The molecule has 4 rings (SSSR count). The first-order valence-corrected chi connectivity index (χ1v) is 25.6. The Labute approximate surface area is 227 Å². The first-order chi connectivity index (χ1) is 16.3. The van der Waals surface area contributed by atoms with Gasteiger partial charge in [-0.15, -0.1) is 0 Å². The van der Waals surface area contributed by atoms with Crippen molar-refractivity contribution >= 4 is 25.0 Å². The van der Waals surface area contributed by atoms with Crippen LogP contribution in [0.3, 0.4) is 0 Å². The van der Waals surface area contributed by atoms with Crippen LogP contribution >= 0.6 is 0 Å². The van der Waals surface area contributed by atoms with Gasteiger partial charge in [0.1, 0.15) is 0 Å². The minimum Gasteiger partial charge on any atom is -0.415 e. The third kappa shape index (κ3) is 5.99. The van der Waals surface area contributed by atoms with E-state index in [-0.39, 0.29) is 0 Å². The van der Waals surface area contributed by atoms with E-state index in [0.29, 0.717) is 35.1 Å². The molecule has 0 saturated heterocycles. The number of rotatable bonds is 7. The second kappa shape index (κ2) is 9.87. The van der Waals surface area contributed by atoms with E-state index in [2.05, 4.69) is 79.7 Å². The van der Waals surface area contributed by atoms with Crippen LogP contribution in [0, 0.1) is 40.4 Å². The van der Waals surface area contributed by atoms with Crippen molar-refractivity contribution in [3.63, 3.8) is 0 Å². The highest BCUT2D eigenvalue weighted by atomic mass is 28.4. The lowest BCUT2D eigenvalue weighted by Crippen LogP contribution is -2.55. The summed E-state index contributed by atoms with van der Waals surface area (Å²) in [5.41, 5.74) is 0.864. The lowest BCUT2D eigenvalue weighted by Gasteiger charge is -2.61. The van der Waals surface area contributed by atoms with E-state index in [0.717, 1.165) is 23.7 Å². The molecule has 0 radical (unpaired) electrons. The molecule has 4 fully saturated rings. The van der Waals surface area contributed by atoms with E-state index in [9.17, 15) is 0 Å². The van der Waals surface area contributed by atoms with Gasteiger partial charge in [-0.05, 0) is 152 Å². The Bertz CT molecular complexity index is 784. The second-order valence-electron chi connectivity index (χ2n) is 16.8. The summed E-state index contributed by atoms with van der Waals surface area (Å²) in [4.78, 5) is 0. The molecular formula is C30H60O3Si3. The third-order valence-electron chi connectivity index (χ3n) is 10.8. The first-order valence-electron chi connectivity index (χ1n) is 15.4. The Hall–Kier alpha value is 0.531. The Morgan fingerprint density at radius 3 is 1.86 bits per heavy atom. The number of fused-ring (bicyclic) bond motifs is 5. The molecule has 10 atom stereocenters. The van der Waals surface area contributed by atoms with Crippen molar-refractivity contribution in [1.29, 1.82) is 0 Å². The summed E-state index contributed by atoms with van der Waals surface area (Å²) in [5.74, 6) is 3.95. The molecule has 4 aliphatic carbocycles. The molecule has 4 saturated carbocycles. The van der Waals surface area contributed by atoms with Crippen LogP contribution in [0.5, 0.6) is 0 Å². The number of hydrogen-bond donors (Lipinski definition) is 0. The highest BCUT2D eigenvalue weighted by molar-refractivity contribution is 6.70. The van der Waals surface area contributed by atoms with Crippen molar-refractivity contribution in [3.8, 4) is 0 Å². The molecule has 36 heavy (non-hydrogen) atoms. The smallest absolute Gasteiger partial charge is 0.184 e. The zero-order valence-electron chi connectivity index (χ0n) is 26.0. The van der Waals surface area contributed by atoms with Crippen LogP contribution in [0.25, 0.3) is 0 Å². The van der Waals surface area contributed by atoms with E-state index >= 15 is 0 Å². The first kappa shape index (κ1) is 29.5. The van der Waals surface area contributed by atoms with Gasteiger partial charge in [-0.3, -0.25) is 0 Å². The molecule has 0 aromatic carbocycles. The maximum absolute atomic E-state index is 7.04. The van der Waals surface area contributed by atoms with E-state index in [1.807, 2.05) is 0 Å². The van der Waals surface area contributed by atoms with Crippen LogP contribution in [0.2, 0.25) is 58.9 Å². The Balaban J connectivity index is 1.57. The van der Waals surface area contributed by atoms with Gasteiger partial charge in [-0.2, -0.15) is 0 Å². The van der Waals surface area contributed by atoms with Crippen molar-refractivity contribution in [2.24, 2.45) is 40.4 Å². The molecule has 3 nitrogen and oxygen atoms in total. The number of hydrogen-bond acceptors (Lipinski definition) is 3. The van der Waals surface area contributed by atoms with Gasteiger partial charge in [0.15, 0.2) is 25.0 Å². The molecule has 210 valence electrons. The van der Waals surface area contributed by atoms with Gasteiger partial charge in [-0.25, -0.2) is 0 Å². The Morgan fingerprint density at radius 2 is 1.28 bits per heavy atom. The zero-order valence-corrected chi connectivity index (χ0v) is 29.0. The van der Waals surface area contributed by atoms with Crippen molar-refractivity contribution in [1.82, 2.24) is 0 Å². The van der Waals surface area contributed by atoms with Crippen molar-refractivity contribution in [2.75, 3.05) is 0 Å². The highest BCUT2D eigenvalue weighted by Crippen LogP contribution is 2.68. The SMILES string of the molecule is CC(O[Si](C)(C)C)[C@H]1C(O[Si](C)(C)C)CC2C3CC[C@H]4CC(O[Si](C)(C)C)CC[C@]4(C)C3CC[C@@]21C. The molecule has 0 N–H and O–H groups in total. The summed E-state index contributed by atoms with van der Waals surface area (Å²) >= 11 is 0. The molecule has 4 aliphatic rings. The standard InChI is InChI=1S/C30H60O3Si3/c1-21(31-34(4,5)6)28-27(33-36(10,11)12)20-26-24-14-13-22-19-23(32-35(7,8)9)15-17-29(22,2)25(24)16-18-30(26,28)3/h21-28H,13-20H2,1-12H3/t21?,22-,23?,24?,25?,26?,27?,28-,29-,30-/m0/s1. The molecule has 0 aliphatic heterocycles. The topological polar surface area (TPSA) is 27.7 Å². The molecule has 0 heterocycles.